The van der Waals surface area contributed by atoms with Gasteiger partial charge in [-0.05, 0) is 35.9 Å². The number of hydrogen-bond acceptors (Lipinski definition) is 3. The highest BCUT2D eigenvalue weighted by Crippen LogP contribution is 2.38. The van der Waals surface area contributed by atoms with Crippen LogP contribution in [0.5, 0.6) is 0 Å². The van der Waals surface area contributed by atoms with Crippen LogP contribution in [-0.2, 0) is 16.2 Å². The van der Waals surface area contributed by atoms with E-state index >= 15 is 0 Å². The maximum atomic E-state index is 13.1. The summed E-state index contributed by atoms with van der Waals surface area (Å²) >= 11 is 1.61. The molecule has 1 aliphatic rings. The molecule has 1 unspecified atom stereocenters. The second kappa shape index (κ2) is 6.42. The zero-order valence-electron chi connectivity index (χ0n) is 12.4. The summed E-state index contributed by atoms with van der Waals surface area (Å²) in [6.07, 6.45) is -4.21. The largest absolute Gasteiger partial charge is 0.417 e. The average molecular weight is 373 g/mol. The number of alkyl halides is 3. The quantitative estimate of drug-likeness (QED) is 0.876. The number of fused-ring (bicyclic) bond motifs is 1. The van der Waals surface area contributed by atoms with E-state index in [4.69, 9.17) is 0 Å². The maximum Gasteiger partial charge on any atom is 0.417 e. The van der Waals surface area contributed by atoms with E-state index in [0.29, 0.717) is 12.2 Å². The molecule has 0 aliphatic carbocycles. The van der Waals surface area contributed by atoms with Crippen molar-refractivity contribution >= 4 is 21.8 Å². The SMILES string of the molecule is O=S(=O)(NC1CCSc2ccccc21)c1ccccc1C(F)(F)F. The Balaban J connectivity index is 1.97. The Morgan fingerprint density at radius 3 is 2.46 bits per heavy atom. The normalized spacial score (nSPS) is 18.2. The lowest BCUT2D eigenvalue weighted by atomic mass is 10.1. The fraction of sp³-hybridized carbons (Fsp3) is 0.250. The molecule has 0 spiro atoms. The highest BCUT2D eigenvalue weighted by Gasteiger charge is 2.37. The van der Waals surface area contributed by atoms with Crippen LogP contribution in [-0.4, -0.2) is 14.2 Å². The van der Waals surface area contributed by atoms with Crippen LogP contribution in [0.3, 0.4) is 0 Å². The molecule has 1 N–H and O–H groups in total. The van der Waals surface area contributed by atoms with Gasteiger partial charge in [-0.25, -0.2) is 13.1 Å². The molecule has 8 heteroatoms. The molecule has 3 nitrogen and oxygen atoms in total. The van der Waals surface area contributed by atoms with Crippen molar-refractivity contribution in [2.75, 3.05) is 5.75 Å². The van der Waals surface area contributed by atoms with Crippen LogP contribution in [0.15, 0.2) is 58.3 Å². The van der Waals surface area contributed by atoms with Gasteiger partial charge in [-0.1, -0.05) is 30.3 Å². The topological polar surface area (TPSA) is 46.2 Å². The number of nitrogens with one attached hydrogen (secondary N) is 1. The number of halogens is 3. The van der Waals surface area contributed by atoms with Crippen molar-refractivity contribution in [2.24, 2.45) is 0 Å². The lowest BCUT2D eigenvalue weighted by molar-refractivity contribution is -0.139. The summed E-state index contributed by atoms with van der Waals surface area (Å²) in [5, 5.41) is 0. The van der Waals surface area contributed by atoms with Gasteiger partial charge in [0.05, 0.1) is 10.5 Å². The zero-order chi connectivity index (χ0) is 17.4. The Morgan fingerprint density at radius 1 is 1.04 bits per heavy atom. The van der Waals surface area contributed by atoms with Gasteiger partial charge >= 0.3 is 6.18 Å². The number of rotatable bonds is 3. The second-order valence-corrected chi connectivity index (χ2v) is 8.16. The molecule has 3 rings (SSSR count). The van der Waals surface area contributed by atoms with Crippen molar-refractivity contribution in [3.8, 4) is 0 Å². The Kier molecular flexibility index (Phi) is 4.63. The third kappa shape index (κ3) is 3.45. The molecule has 1 heterocycles. The fourth-order valence-electron chi connectivity index (χ4n) is 2.65. The van der Waals surface area contributed by atoms with Gasteiger partial charge in [-0.2, -0.15) is 13.2 Å². The lowest BCUT2D eigenvalue weighted by Gasteiger charge is -2.26. The highest BCUT2D eigenvalue weighted by molar-refractivity contribution is 7.99. The predicted molar refractivity (Wildman–Crippen MR) is 86.3 cm³/mol. The number of sulfonamides is 1. The van der Waals surface area contributed by atoms with Gasteiger partial charge in [-0.3, -0.25) is 0 Å². The Hall–Kier alpha value is -1.51. The summed E-state index contributed by atoms with van der Waals surface area (Å²) < 4.78 is 66.9. The van der Waals surface area contributed by atoms with Crippen LogP contribution in [0.25, 0.3) is 0 Å². The Bertz CT molecular complexity index is 850. The van der Waals surface area contributed by atoms with Crippen LogP contribution in [0.2, 0.25) is 0 Å². The van der Waals surface area contributed by atoms with E-state index in [-0.39, 0.29) is 0 Å². The van der Waals surface area contributed by atoms with Gasteiger partial charge in [0.25, 0.3) is 0 Å². The van der Waals surface area contributed by atoms with Crippen molar-refractivity contribution in [3.63, 3.8) is 0 Å². The van der Waals surface area contributed by atoms with E-state index in [1.807, 2.05) is 12.1 Å². The minimum atomic E-state index is -4.73. The highest BCUT2D eigenvalue weighted by atomic mass is 32.2. The molecule has 1 atom stereocenters. The first-order valence-corrected chi connectivity index (χ1v) is 9.66. The first kappa shape index (κ1) is 17.3. The van der Waals surface area contributed by atoms with E-state index in [1.54, 1.807) is 23.9 Å². The van der Waals surface area contributed by atoms with E-state index in [9.17, 15) is 21.6 Å². The summed E-state index contributed by atoms with van der Waals surface area (Å²) in [6.45, 7) is 0. The molecule has 0 saturated heterocycles. The van der Waals surface area contributed by atoms with E-state index in [0.717, 1.165) is 22.6 Å². The van der Waals surface area contributed by atoms with Crippen LogP contribution in [0.1, 0.15) is 23.6 Å². The lowest BCUT2D eigenvalue weighted by Crippen LogP contribution is -2.32. The number of benzene rings is 2. The van der Waals surface area contributed by atoms with Crippen LogP contribution in [0, 0.1) is 0 Å². The molecule has 1 aliphatic heterocycles. The molecule has 128 valence electrons. The molecule has 24 heavy (non-hydrogen) atoms. The summed E-state index contributed by atoms with van der Waals surface area (Å²) in [5.41, 5.74) is -0.363. The van der Waals surface area contributed by atoms with Crippen molar-refractivity contribution in [1.29, 1.82) is 0 Å². The molecule has 0 aromatic heterocycles. The molecule has 2 aromatic rings. The summed E-state index contributed by atoms with van der Waals surface area (Å²) in [5.74, 6) is 0.700. The zero-order valence-corrected chi connectivity index (χ0v) is 14.0. The van der Waals surface area contributed by atoms with E-state index < -0.39 is 32.7 Å². The smallest absolute Gasteiger partial charge is 0.207 e. The van der Waals surface area contributed by atoms with Gasteiger partial charge in [0, 0.05) is 10.9 Å². The van der Waals surface area contributed by atoms with E-state index in [2.05, 4.69) is 4.72 Å². The van der Waals surface area contributed by atoms with Crippen molar-refractivity contribution in [2.45, 2.75) is 28.4 Å². The number of thioether (sulfide) groups is 1. The van der Waals surface area contributed by atoms with Gasteiger partial charge in [0.1, 0.15) is 0 Å². The molecule has 0 fully saturated rings. The first-order chi connectivity index (χ1) is 11.3. The fourth-order valence-corrected chi connectivity index (χ4v) is 5.25. The maximum absolute atomic E-state index is 13.1. The van der Waals surface area contributed by atoms with Crippen molar-refractivity contribution in [1.82, 2.24) is 4.72 Å². The Labute approximate surface area is 142 Å². The molecule has 0 bridgehead atoms. The van der Waals surface area contributed by atoms with E-state index in [1.165, 1.54) is 12.1 Å². The molecular formula is C16H14F3NO2S2. The van der Waals surface area contributed by atoms with Crippen LogP contribution >= 0.6 is 11.8 Å². The monoisotopic (exact) mass is 373 g/mol. The van der Waals surface area contributed by atoms with Gasteiger partial charge in [0.2, 0.25) is 10.0 Å². The minimum absolute atomic E-state index is 0.523. The van der Waals surface area contributed by atoms with Crippen LogP contribution in [0.4, 0.5) is 13.2 Å². The molecule has 0 radical (unpaired) electrons. The third-order valence-corrected chi connectivity index (χ3v) is 6.39. The molecular weight excluding hydrogens is 359 g/mol. The number of hydrogen-bond donors (Lipinski definition) is 1. The van der Waals surface area contributed by atoms with Gasteiger partial charge in [0.15, 0.2) is 0 Å². The first-order valence-electron chi connectivity index (χ1n) is 7.19. The standard InChI is InChI=1S/C16H14F3NO2S2/c17-16(18,19)12-6-2-4-8-15(12)24(21,22)20-13-9-10-23-14-7-3-1-5-11(13)14/h1-8,13,20H,9-10H2. The van der Waals surface area contributed by atoms with Gasteiger partial charge < -0.3 is 0 Å². The van der Waals surface area contributed by atoms with Crippen molar-refractivity contribution in [3.05, 3.63) is 59.7 Å². The summed E-state index contributed by atoms with van der Waals surface area (Å²) in [6, 6.07) is 11.0. The molecule has 2 aromatic carbocycles. The summed E-state index contributed by atoms with van der Waals surface area (Å²) in [7, 11) is -4.30. The minimum Gasteiger partial charge on any atom is -0.207 e. The van der Waals surface area contributed by atoms with Crippen LogP contribution < -0.4 is 4.72 Å². The van der Waals surface area contributed by atoms with Crippen molar-refractivity contribution < 1.29 is 21.6 Å². The predicted octanol–water partition coefficient (Wildman–Crippen LogP) is 4.22. The molecule has 0 saturated carbocycles. The second-order valence-electron chi connectivity index (χ2n) is 5.34. The average Bonchev–Trinajstić information content (AvgIpc) is 2.54. The van der Waals surface area contributed by atoms with Gasteiger partial charge in [-0.15, -0.1) is 11.8 Å². The molecule has 0 amide bonds. The Morgan fingerprint density at radius 2 is 1.71 bits per heavy atom. The summed E-state index contributed by atoms with van der Waals surface area (Å²) in [4.78, 5) is 0.203. The third-order valence-electron chi connectivity index (χ3n) is 3.74.